The Morgan fingerprint density at radius 3 is 3.05 bits per heavy atom. The van der Waals surface area contributed by atoms with Gasteiger partial charge in [0, 0.05) is 13.0 Å². The van der Waals surface area contributed by atoms with Gasteiger partial charge in [-0.3, -0.25) is 0 Å². The van der Waals surface area contributed by atoms with E-state index in [-0.39, 0.29) is 0 Å². The van der Waals surface area contributed by atoms with Crippen LogP contribution in [-0.4, -0.2) is 34.5 Å². The molecule has 0 saturated carbocycles. The monoisotopic (exact) mass is 290 g/mol. The predicted molar refractivity (Wildman–Crippen MR) is 80.1 cm³/mol. The minimum absolute atomic E-state index is 0.436. The fraction of sp³-hybridized carbons (Fsp3) is 0.467. The van der Waals surface area contributed by atoms with Crippen LogP contribution < -0.4 is 10.5 Å². The van der Waals surface area contributed by atoms with E-state index in [1.54, 1.807) is 11.0 Å². The Morgan fingerprint density at radius 2 is 2.24 bits per heavy atom. The number of nitrogens with zero attached hydrogens (tertiary/aromatic N) is 3. The van der Waals surface area contributed by atoms with Crippen LogP contribution in [0.1, 0.15) is 24.7 Å². The summed E-state index contributed by atoms with van der Waals surface area (Å²) < 4.78 is 12.6. The van der Waals surface area contributed by atoms with Crippen LogP contribution in [0.2, 0.25) is 0 Å². The fourth-order valence-electron chi connectivity index (χ4n) is 1.86. The lowest BCUT2D eigenvalue weighted by atomic mass is 10.1. The van der Waals surface area contributed by atoms with Gasteiger partial charge < -0.3 is 15.2 Å². The van der Waals surface area contributed by atoms with Crippen LogP contribution in [0.5, 0.6) is 5.75 Å². The van der Waals surface area contributed by atoms with Crippen LogP contribution in [0.15, 0.2) is 30.6 Å². The second kappa shape index (κ2) is 8.39. The highest BCUT2D eigenvalue weighted by Crippen LogP contribution is 2.15. The number of hydrogen-bond donors (Lipinski definition) is 1. The first-order chi connectivity index (χ1) is 10.3. The van der Waals surface area contributed by atoms with Crippen molar-refractivity contribution in [2.75, 3.05) is 19.8 Å². The zero-order chi connectivity index (χ0) is 14.9. The Labute approximate surface area is 124 Å². The molecule has 0 aliphatic carbocycles. The average molecular weight is 290 g/mol. The number of ether oxygens (including phenoxy) is 2. The highest BCUT2D eigenvalue weighted by molar-refractivity contribution is 5.30. The van der Waals surface area contributed by atoms with Gasteiger partial charge in [0.25, 0.3) is 0 Å². The van der Waals surface area contributed by atoms with Crippen molar-refractivity contribution >= 4 is 0 Å². The van der Waals surface area contributed by atoms with Crippen LogP contribution in [0.3, 0.4) is 0 Å². The van der Waals surface area contributed by atoms with Crippen molar-refractivity contribution < 1.29 is 9.47 Å². The van der Waals surface area contributed by atoms with Crippen LogP contribution >= 0.6 is 0 Å². The van der Waals surface area contributed by atoms with E-state index in [2.05, 4.69) is 10.1 Å². The molecule has 6 heteroatoms. The summed E-state index contributed by atoms with van der Waals surface area (Å²) >= 11 is 0. The minimum Gasteiger partial charge on any atom is -0.494 e. The van der Waals surface area contributed by atoms with E-state index >= 15 is 0 Å². The van der Waals surface area contributed by atoms with E-state index in [1.165, 1.54) is 0 Å². The third kappa shape index (κ3) is 5.17. The molecule has 0 spiro atoms. The molecule has 1 aromatic carbocycles. The molecule has 2 N–H and O–H groups in total. The maximum atomic E-state index is 5.64. The lowest BCUT2D eigenvalue weighted by Crippen LogP contribution is -2.06. The van der Waals surface area contributed by atoms with Gasteiger partial charge in [-0.25, -0.2) is 9.67 Å². The lowest BCUT2D eigenvalue weighted by Gasteiger charge is -2.06. The highest BCUT2D eigenvalue weighted by atomic mass is 16.5. The molecule has 0 fully saturated rings. The van der Waals surface area contributed by atoms with Crippen molar-refractivity contribution in [3.8, 4) is 5.75 Å². The smallest absolute Gasteiger partial charge is 0.155 e. The first-order valence-corrected chi connectivity index (χ1v) is 7.19. The van der Waals surface area contributed by atoms with Crippen molar-refractivity contribution in [2.24, 2.45) is 5.73 Å². The van der Waals surface area contributed by atoms with Crippen molar-refractivity contribution in [1.29, 1.82) is 0 Å². The Bertz CT molecular complexity index is 542. The Balaban J connectivity index is 1.92. The minimum atomic E-state index is 0.436. The van der Waals surface area contributed by atoms with E-state index in [0.29, 0.717) is 32.9 Å². The van der Waals surface area contributed by atoms with Crippen LogP contribution in [-0.2, 0) is 17.9 Å². The van der Waals surface area contributed by atoms with E-state index in [9.17, 15) is 0 Å². The molecule has 0 radical (unpaired) electrons. The summed E-state index contributed by atoms with van der Waals surface area (Å²) in [6.07, 6.45) is 3.22. The van der Waals surface area contributed by atoms with Crippen molar-refractivity contribution in [3.05, 3.63) is 42.0 Å². The predicted octanol–water partition coefficient (Wildman–Crippen LogP) is 1.59. The summed E-state index contributed by atoms with van der Waals surface area (Å²) in [5, 5.41) is 4.37. The standard InChI is InChI=1S/C15H22N4O2/c1-2-20-12-19-11-17-15(18-19)10-13-5-3-6-14(9-13)21-8-4-7-16/h3,5-6,9,11H,2,4,7-8,10,12,16H2,1H3. The largest absolute Gasteiger partial charge is 0.494 e. The SMILES string of the molecule is CCOCn1cnc(Cc2cccc(OCCCN)c2)n1. The van der Waals surface area contributed by atoms with Gasteiger partial charge in [0.15, 0.2) is 5.82 Å². The molecule has 0 saturated heterocycles. The molecule has 0 unspecified atom stereocenters. The molecular weight excluding hydrogens is 268 g/mol. The number of nitrogens with two attached hydrogens (primary N) is 1. The number of aromatic nitrogens is 3. The van der Waals surface area contributed by atoms with E-state index in [0.717, 1.165) is 23.6 Å². The molecule has 2 rings (SSSR count). The van der Waals surface area contributed by atoms with Crippen molar-refractivity contribution in [3.63, 3.8) is 0 Å². The summed E-state index contributed by atoms with van der Waals surface area (Å²) in [6, 6.07) is 7.98. The normalized spacial score (nSPS) is 10.8. The van der Waals surface area contributed by atoms with Crippen molar-refractivity contribution in [2.45, 2.75) is 26.5 Å². The van der Waals surface area contributed by atoms with Gasteiger partial charge in [-0.15, -0.1) is 0 Å². The average Bonchev–Trinajstić information content (AvgIpc) is 2.93. The molecule has 0 aliphatic rings. The van der Waals surface area contributed by atoms with Gasteiger partial charge in [-0.2, -0.15) is 5.10 Å². The fourth-order valence-corrected chi connectivity index (χ4v) is 1.86. The van der Waals surface area contributed by atoms with Gasteiger partial charge in [-0.1, -0.05) is 12.1 Å². The maximum Gasteiger partial charge on any atom is 0.155 e. The molecule has 0 amide bonds. The zero-order valence-corrected chi connectivity index (χ0v) is 12.4. The zero-order valence-electron chi connectivity index (χ0n) is 12.4. The molecule has 21 heavy (non-hydrogen) atoms. The molecule has 0 bridgehead atoms. The third-order valence-corrected chi connectivity index (χ3v) is 2.89. The summed E-state index contributed by atoms with van der Waals surface area (Å²) in [4.78, 5) is 4.28. The van der Waals surface area contributed by atoms with Gasteiger partial charge in [0.1, 0.15) is 18.8 Å². The molecule has 1 aromatic heterocycles. The second-order valence-corrected chi connectivity index (χ2v) is 4.64. The van der Waals surface area contributed by atoms with E-state index in [1.807, 2.05) is 31.2 Å². The van der Waals surface area contributed by atoms with Crippen LogP contribution in [0.25, 0.3) is 0 Å². The number of benzene rings is 1. The first-order valence-electron chi connectivity index (χ1n) is 7.19. The van der Waals surface area contributed by atoms with Gasteiger partial charge >= 0.3 is 0 Å². The molecule has 1 heterocycles. The molecule has 0 atom stereocenters. The van der Waals surface area contributed by atoms with Gasteiger partial charge in [0.05, 0.1) is 6.61 Å². The lowest BCUT2D eigenvalue weighted by molar-refractivity contribution is 0.0787. The summed E-state index contributed by atoms with van der Waals surface area (Å²) in [6.45, 7) is 4.33. The van der Waals surface area contributed by atoms with E-state index < -0.39 is 0 Å². The number of hydrogen-bond acceptors (Lipinski definition) is 5. The molecule has 0 aliphatic heterocycles. The van der Waals surface area contributed by atoms with Gasteiger partial charge in [0.2, 0.25) is 0 Å². The summed E-state index contributed by atoms with van der Waals surface area (Å²) in [5.41, 5.74) is 6.57. The van der Waals surface area contributed by atoms with Crippen molar-refractivity contribution in [1.82, 2.24) is 14.8 Å². The molecule has 2 aromatic rings. The molecular formula is C15H22N4O2. The molecule has 6 nitrogen and oxygen atoms in total. The quantitative estimate of drug-likeness (QED) is 0.710. The van der Waals surface area contributed by atoms with Crippen LogP contribution in [0.4, 0.5) is 0 Å². The summed E-state index contributed by atoms with van der Waals surface area (Å²) in [5.74, 6) is 1.63. The maximum absolute atomic E-state index is 5.64. The van der Waals surface area contributed by atoms with E-state index in [4.69, 9.17) is 15.2 Å². The second-order valence-electron chi connectivity index (χ2n) is 4.64. The topological polar surface area (TPSA) is 75.2 Å². The van der Waals surface area contributed by atoms with Gasteiger partial charge in [-0.05, 0) is 37.6 Å². The highest BCUT2D eigenvalue weighted by Gasteiger charge is 2.04. The number of rotatable bonds is 9. The summed E-state index contributed by atoms with van der Waals surface area (Å²) in [7, 11) is 0. The Morgan fingerprint density at radius 1 is 1.33 bits per heavy atom. The Hall–Kier alpha value is -1.92. The first kappa shape index (κ1) is 15.5. The molecule has 114 valence electrons. The Kier molecular flexibility index (Phi) is 6.18. The van der Waals surface area contributed by atoms with Crippen LogP contribution in [0, 0.1) is 0 Å². The third-order valence-electron chi connectivity index (χ3n) is 2.89.